The molecule has 17 heavy (non-hydrogen) atoms. The fraction of sp³-hybridized carbons (Fsp3) is 0.500. The van der Waals surface area contributed by atoms with E-state index in [1.165, 1.54) is 14.2 Å². The summed E-state index contributed by atoms with van der Waals surface area (Å²) in [5, 5.41) is 0. The second-order valence-corrected chi connectivity index (χ2v) is 3.91. The van der Waals surface area contributed by atoms with Crippen LogP contribution in [0.3, 0.4) is 0 Å². The first-order valence-electron chi connectivity index (χ1n) is 5.38. The number of fused-ring (bicyclic) bond motifs is 2. The van der Waals surface area contributed by atoms with Crippen molar-refractivity contribution in [3.05, 3.63) is 23.3 Å². The van der Waals surface area contributed by atoms with Gasteiger partial charge in [0.15, 0.2) is 0 Å². The predicted molar refractivity (Wildman–Crippen MR) is 58.1 cm³/mol. The van der Waals surface area contributed by atoms with E-state index in [0.717, 1.165) is 0 Å². The van der Waals surface area contributed by atoms with Crippen LogP contribution in [0.5, 0.6) is 0 Å². The average Bonchev–Trinajstić information content (AvgIpc) is 2.92. The number of hydrogen-bond donors (Lipinski definition) is 0. The molecule has 2 rings (SSSR count). The molecule has 0 aromatic carbocycles. The highest BCUT2D eigenvalue weighted by molar-refractivity contribution is 6.04. The molecule has 2 atom stereocenters. The van der Waals surface area contributed by atoms with Gasteiger partial charge < -0.3 is 14.2 Å². The molecule has 2 aliphatic rings. The van der Waals surface area contributed by atoms with E-state index >= 15 is 0 Å². The zero-order chi connectivity index (χ0) is 12.6. The molecule has 0 aliphatic carbocycles. The summed E-state index contributed by atoms with van der Waals surface area (Å²) in [6, 6.07) is 0. The molecule has 0 aromatic heterocycles. The van der Waals surface area contributed by atoms with Gasteiger partial charge in [0.05, 0.1) is 25.4 Å². The minimum absolute atomic E-state index is 0.253. The number of carbonyl (C=O) groups excluding carboxylic acids is 2. The van der Waals surface area contributed by atoms with E-state index in [2.05, 4.69) is 4.74 Å². The third-order valence-electron chi connectivity index (χ3n) is 3.17. The van der Waals surface area contributed by atoms with Gasteiger partial charge in [0.25, 0.3) is 0 Å². The Balaban J connectivity index is 2.53. The fourth-order valence-corrected chi connectivity index (χ4v) is 2.31. The summed E-state index contributed by atoms with van der Waals surface area (Å²) in [6.07, 6.45) is 3.63. The third kappa shape index (κ3) is 1.50. The Morgan fingerprint density at radius 2 is 2.00 bits per heavy atom. The SMILES string of the molecule is CCC12C=CC(O1)C(C(=O)OC)=C2C(=O)OC. The van der Waals surface area contributed by atoms with Crippen LogP contribution in [-0.2, 0) is 23.8 Å². The first-order valence-corrected chi connectivity index (χ1v) is 5.38. The molecule has 92 valence electrons. The van der Waals surface area contributed by atoms with E-state index in [-0.39, 0.29) is 11.1 Å². The van der Waals surface area contributed by atoms with Crippen molar-refractivity contribution < 1.29 is 23.8 Å². The summed E-state index contributed by atoms with van der Waals surface area (Å²) >= 11 is 0. The van der Waals surface area contributed by atoms with Gasteiger partial charge in [0.1, 0.15) is 11.7 Å². The van der Waals surface area contributed by atoms with Gasteiger partial charge in [-0.25, -0.2) is 9.59 Å². The van der Waals surface area contributed by atoms with Crippen molar-refractivity contribution in [2.45, 2.75) is 25.0 Å². The van der Waals surface area contributed by atoms with E-state index in [4.69, 9.17) is 9.47 Å². The number of ether oxygens (including phenoxy) is 3. The van der Waals surface area contributed by atoms with Crippen LogP contribution in [0.4, 0.5) is 0 Å². The van der Waals surface area contributed by atoms with Gasteiger partial charge in [0, 0.05) is 0 Å². The molecule has 0 saturated carbocycles. The van der Waals surface area contributed by atoms with E-state index in [0.29, 0.717) is 6.42 Å². The summed E-state index contributed by atoms with van der Waals surface area (Å²) in [6.45, 7) is 1.88. The molecule has 0 N–H and O–H groups in total. The van der Waals surface area contributed by atoms with Crippen molar-refractivity contribution in [2.75, 3.05) is 14.2 Å². The maximum Gasteiger partial charge on any atom is 0.337 e. The zero-order valence-electron chi connectivity index (χ0n) is 9.98. The molecule has 2 heterocycles. The largest absolute Gasteiger partial charge is 0.466 e. The number of rotatable bonds is 3. The fourth-order valence-electron chi connectivity index (χ4n) is 2.31. The second kappa shape index (κ2) is 4.00. The van der Waals surface area contributed by atoms with Crippen molar-refractivity contribution >= 4 is 11.9 Å². The lowest BCUT2D eigenvalue weighted by atomic mass is 9.85. The zero-order valence-corrected chi connectivity index (χ0v) is 9.98. The lowest BCUT2D eigenvalue weighted by Crippen LogP contribution is -2.31. The highest BCUT2D eigenvalue weighted by Gasteiger charge is 2.53. The maximum atomic E-state index is 11.8. The summed E-state index contributed by atoms with van der Waals surface area (Å²) in [5.41, 5.74) is -0.313. The van der Waals surface area contributed by atoms with Gasteiger partial charge in [-0.05, 0) is 12.5 Å². The Morgan fingerprint density at radius 1 is 1.35 bits per heavy atom. The Morgan fingerprint density at radius 3 is 2.53 bits per heavy atom. The monoisotopic (exact) mass is 238 g/mol. The van der Waals surface area contributed by atoms with E-state index in [9.17, 15) is 9.59 Å². The topological polar surface area (TPSA) is 61.8 Å². The quantitative estimate of drug-likeness (QED) is 0.536. The van der Waals surface area contributed by atoms with Crippen molar-refractivity contribution in [3.8, 4) is 0 Å². The van der Waals surface area contributed by atoms with E-state index in [1.807, 2.05) is 6.92 Å². The van der Waals surface area contributed by atoms with Crippen LogP contribution in [0.2, 0.25) is 0 Å². The van der Waals surface area contributed by atoms with E-state index in [1.54, 1.807) is 12.2 Å². The van der Waals surface area contributed by atoms with Crippen LogP contribution >= 0.6 is 0 Å². The molecule has 0 saturated heterocycles. The summed E-state index contributed by atoms with van der Waals surface area (Å²) in [7, 11) is 2.56. The minimum atomic E-state index is -0.832. The van der Waals surface area contributed by atoms with Crippen molar-refractivity contribution in [1.82, 2.24) is 0 Å². The summed E-state index contributed by atoms with van der Waals surface area (Å²) in [4.78, 5) is 23.5. The average molecular weight is 238 g/mol. The van der Waals surface area contributed by atoms with Crippen LogP contribution < -0.4 is 0 Å². The Hall–Kier alpha value is -1.62. The third-order valence-corrected chi connectivity index (χ3v) is 3.17. The number of methoxy groups -OCH3 is 2. The Labute approximate surface area is 99.0 Å². The molecule has 0 radical (unpaired) electrons. The Kier molecular flexibility index (Phi) is 2.79. The van der Waals surface area contributed by atoms with Crippen LogP contribution in [0.15, 0.2) is 23.3 Å². The van der Waals surface area contributed by atoms with Crippen LogP contribution in [0.25, 0.3) is 0 Å². The molecule has 0 aromatic rings. The highest BCUT2D eigenvalue weighted by Crippen LogP contribution is 2.45. The molecule has 2 bridgehead atoms. The molecule has 5 heteroatoms. The van der Waals surface area contributed by atoms with Gasteiger partial charge in [-0.1, -0.05) is 13.0 Å². The molecule has 0 amide bonds. The van der Waals surface area contributed by atoms with Crippen LogP contribution in [-0.4, -0.2) is 37.9 Å². The molecule has 0 fully saturated rings. The van der Waals surface area contributed by atoms with Crippen molar-refractivity contribution in [1.29, 1.82) is 0 Å². The smallest absolute Gasteiger partial charge is 0.337 e. The van der Waals surface area contributed by atoms with Crippen molar-refractivity contribution in [3.63, 3.8) is 0 Å². The van der Waals surface area contributed by atoms with Gasteiger partial charge in [0.2, 0.25) is 0 Å². The van der Waals surface area contributed by atoms with Crippen molar-refractivity contribution in [2.24, 2.45) is 0 Å². The summed E-state index contributed by atoms with van der Waals surface area (Å²) < 4.78 is 15.1. The van der Waals surface area contributed by atoms with Crippen LogP contribution in [0, 0.1) is 0 Å². The number of hydrogen-bond acceptors (Lipinski definition) is 5. The molecule has 2 unspecified atom stereocenters. The lowest BCUT2D eigenvalue weighted by molar-refractivity contribution is -0.139. The molecule has 5 nitrogen and oxygen atoms in total. The lowest BCUT2D eigenvalue weighted by Gasteiger charge is -2.23. The molecule has 2 aliphatic heterocycles. The van der Waals surface area contributed by atoms with E-state index < -0.39 is 23.6 Å². The van der Waals surface area contributed by atoms with Gasteiger partial charge >= 0.3 is 11.9 Å². The Bertz CT molecular complexity index is 434. The van der Waals surface area contributed by atoms with Gasteiger partial charge in [-0.15, -0.1) is 0 Å². The molecular weight excluding hydrogens is 224 g/mol. The number of carbonyl (C=O) groups is 2. The van der Waals surface area contributed by atoms with Gasteiger partial charge in [-0.2, -0.15) is 0 Å². The second-order valence-electron chi connectivity index (χ2n) is 3.91. The maximum absolute atomic E-state index is 11.8. The number of esters is 2. The molecule has 0 spiro atoms. The van der Waals surface area contributed by atoms with Crippen LogP contribution in [0.1, 0.15) is 13.3 Å². The highest BCUT2D eigenvalue weighted by atomic mass is 16.6. The predicted octanol–water partition coefficient (Wildman–Crippen LogP) is 0.746. The molecular formula is C12H14O5. The normalized spacial score (nSPS) is 29.7. The first kappa shape index (κ1) is 11.9. The van der Waals surface area contributed by atoms with Gasteiger partial charge in [-0.3, -0.25) is 0 Å². The summed E-state index contributed by atoms with van der Waals surface area (Å²) in [5.74, 6) is -1.09. The standard InChI is InChI=1S/C12H14O5/c1-4-12-6-5-7(17-12)8(10(13)15-2)9(12)11(14)16-3/h5-7H,4H2,1-3H3. The first-order chi connectivity index (χ1) is 8.09. The minimum Gasteiger partial charge on any atom is -0.466 e.